The number of hydrogen-bond donors (Lipinski definition) is 6. The number of rotatable bonds is 14. The average molecular weight is 679 g/mol. The molecular formula is C38H42N6O6. The van der Waals surface area contributed by atoms with E-state index in [1.54, 1.807) is 24.3 Å². The Balaban J connectivity index is 1.34. The number of anilines is 2. The van der Waals surface area contributed by atoms with Crippen LogP contribution in [0.3, 0.4) is 0 Å². The highest BCUT2D eigenvalue weighted by molar-refractivity contribution is 5.94. The maximum atomic E-state index is 13.1. The van der Waals surface area contributed by atoms with Crippen molar-refractivity contribution < 1.29 is 28.7 Å². The Hall–Kier alpha value is -5.98. The summed E-state index contributed by atoms with van der Waals surface area (Å²) >= 11 is 0. The van der Waals surface area contributed by atoms with Gasteiger partial charge in [-0.25, -0.2) is 9.59 Å². The van der Waals surface area contributed by atoms with Gasteiger partial charge >= 0.3 is 11.9 Å². The van der Waals surface area contributed by atoms with Crippen molar-refractivity contribution in [2.24, 2.45) is 11.5 Å². The standard InChI is InChI=1S/C38H42N6O6/c1-37(27-13-5-3-6-14-27,23-25-11-9-17-29(39)21-25)43-35(47)33(41)49-31(45)19-20-32(46)50-34(42)36(48)44-38(2,28-15-7-4-8-16-28)24-26-12-10-18-30(40)22-26/h3-22,33-34H,23-24,39-42H2,1-2H3,(H,43,47)(H,44,48)/b20-19+. The Morgan fingerprint density at radius 3 is 1.30 bits per heavy atom. The average Bonchev–Trinajstić information content (AvgIpc) is 3.08. The SMILES string of the molecule is CC(Cc1cccc(N)c1)(NC(=O)C(N)OC(=O)/C=C/C(=O)OC(N)C(=O)NC(C)(Cc1cccc(N)c1)c1ccccc1)c1ccccc1. The van der Waals surface area contributed by atoms with Crippen LogP contribution < -0.4 is 33.6 Å². The van der Waals surface area contributed by atoms with E-state index in [-0.39, 0.29) is 0 Å². The van der Waals surface area contributed by atoms with Gasteiger partial charge in [0.2, 0.25) is 12.5 Å². The number of carbonyl (C=O) groups is 4. The number of nitrogens with one attached hydrogen (secondary N) is 2. The molecule has 0 bridgehead atoms. The van der Waals surface area contributed by atoms with E-state index in [1.807, 2.05) is 98.8 Å². The zero-order chi connectivity index (χ0) is 36.3. The Morgan fingerprint density at radius 2 is 0.960 bits per heavy atom. The molecule has 0 aliphatic carbocycles. The summed E-state index contributed by atoms with van der Waals surface area (Å²) in [5.41, 5.74) is 26.3. The third-order valence-corrected chi connectivity index (χ3v) is 8.00. The van der Waals surface area contributed by atoms with Crippen LogP contribution in [0.1, 0.15) is 36.1 Å². The number of esters is 2. The summed E-state index contributed by atoms with van der Waals surface area (Å²) in [6.07, 6.45) is -1.26. The molecule has 2 amide bonds. The highest BCUT2D eigenvalue weighted by atomic mass is 16.6. The van der Waals surface area contributed by atoms with Crippen LogP contribution in [0.25, 0.3) is 0 Å². The summed E-state index contributed by atoms with van der Waals surface area (Å²) < 4.78 is 10.1. The predicted octanol–water partition coefficient (Wildman–Crippen LogP) is 2.91. The number of benzene rings is 4. The van der Waals surface area contributed by atoms with Crippen molar-refractivity contribution in [1.82, 2.24) is 10.6 Å². The lowest BCUT2D eigenvalue weighted by atomic mass is 9.85. The summed E-state index contributed by atoms with van der Waals surface area (Å²) in [5, 5.41) is 5.74. The van der Waals surface area contributed by atoms with Gasteiger partial charge in [0.1, 0.15) is 0 Å². The second kappa shape index (κ2) is 16.4. The molecule has 50 heavy (non-hydrogen) atoms. The van der Waals surface area contributed by atoms with Gasteiger partial charge in [0.15, 0.2) is 0 Å². The van der Waals surface area contributed by atoms with E-state index in [2.05, 4.69) is 10.6 Å². The van der Waals surface area contributed by atoms with Gasteiger partial charge < -0.3 is 31.6 Å². The smallest absolute Gasteiger partial charge is 0.333 e. The first-order valence-electron chi connectivity index (χ1n) is 15.8. The normalized spacial score (nSPS) is 14.7. The number of nitrogen functional groups attached to an aromatic ring is 2. The first kappa shape index (κ1) is 36.8. The number of amides is 2. The number of nitrogens with two attached hydrogens (primary N) is 4. The van der Waals surface area contributed by atoms with Crippen LogP contribution in [0.2, 0.25) is 0 Å². The van der Waals surface area contributed by atoms with Crippen LogP contribution in [0.4, 0.5) is 11.4 Å². The molecule has 0 spiro atoms. The second-order valence-electron chi connectivity index (χ2n) is 12.3. The molecule has 4 aromatic rings. The van der Waals surface area contributed by atoms with E-state index in [9.17, 15) is 19.2 Å². The van der Waals surface area contributed by atoms with Gasteiger partial charge in [-0.2, -0.15) is 0 Å². The molecule has 0 aliphatic rings. The highest BCUT2D eigenvalue weighted by Crippen LogP contribution is 2.28. The first-order chi connectivity index (χ1) is 23.8. The maximum Gasteiger partial charge on any atom is 0.333 e. The maximum absolute atomic E-state index is 13.1. The summed E-state index contributed by atoms with van der Waals surface area (Å²) in [5.74, 6) is -3.75. The van der Waals surface area contributed by atoms with E-state index in [4.69, 9.17) is 32.4 Å². The molecule has 12 nitrogen and oxygen atoms in total. The Morgan fingerprint density at radius 1 is 0.600 bits per heavy atom. The van der Waals surface area contributed by atoms with Gasteiger partial charge in [-0.1, -0.05) is 84.9 Å². The number of ether oxygens (including phenoxy) is 2. The molecule has 12 heteroatoms. The van der Waals surface area contributed by atoms with Gasteiger partial charge in [-0.05, 0) is 73.2 Å². The lowest BCUT2D eigenvalue weighted by molar-refractivity contribution is -0.153. The van der Waals surface area contributed by atoms with Crippen LogP contribution in [0, 0.1) is 0 Å². The molecule has 0 saturated carbocycles. The molecular weight excluding hydrogens is 636 g/mol. The molecule has 0 aromatic heterocycles. The number of carbonyl (C=O) groups excluding carboxylic acids is 4. The van der Waals surface area contributed by atoms with Crippen LogP contribution in [-0.4, -0.2) is 36.2 Å². The molecule has 4 unspecified atom stereocenters. The monoisotopic (exact) mass is 678 g/mol. The Labute approximate surface area is 290 Å². The van der Waals surface area contributed by atoms with E-state index in [0.717, 1.165) is 34.4 Å². The van der Waals surface area contributed by atoms with Crippen molar-refractivity contribution in [3.05, 3.63) is 144 Å². The fourth-order valence-electron chi connectivity index (χ4n) is 5.53. The third kappa shape index (κ3) is 10.3. The molecule has 0 fully saturated rings. The topological polar surface area (TPSA) is 215 Å². The Kier molecular flexibility index (Phi) is 12.1. The van der Waals surface area contributed by atoms with E-state index in [1.165, 1.54) is 0 Å². The van der Waals surface area contributed by atoms with E-state index < -0.39 is 47.3 Å². The minimum absolute atomic E-state index is 0.361. The zero-order valence-corrected chi connectivity index (χ0v) is 27.9. The van der Waals surface area contributed by atoms with Gasteiger partial charge in [0.05, 0.1) is 11.1 Å². The van der Waals surface area contributed by atoms with E-state index in [0.29, 0.717) is 24.2 Å². The highest BCUT2D eigenvalue weighted by Gasteiger charge is 2.33. The van der Waals surface area contributed by atoms with Gasteiger partial charge in [-0.15, -0.1) is 0 Å². The minimum atomic E-state index is -1.71. The van der Waals surface area contributed by atoms with Crippen molar-refractivity contribution in [2.45, 2.75) is 50.2 Å². The predicted molar refractivity (Wildman–Crippen MR) is 190 cm³/mol. The summed E-state index contributed by atoms with van der Waals surface area (Å²) in [6.45, 7) is 3.63. The summed E-state index contributed by atoms with van der Waals surface area (Å²) in [4.78, 5) is 51.2. The molecule has 10 N–H and O–H groups in total. The minimum Gasteiger partial charge on any atom is -0.434 e. The third-order valence-electron chi connectivity index (χ3n) is 8.00. The van der Waals surface area contributed by atoms with Crippen LogP contribution in [0.5, 0.6) is 0 Å². The van der Waals surface area contributed by atoms with Crippen molar-refractivity contribution in [2.75, 3.05) is 11.5 Å². The van der Waals surface area contributed by atoms with Crippen LogP contribution in [-0.2, 0) is 52.6 Å². The fourth-order valence-corrected chi connectivity index (χ4v) is 5.53. The van der Waals surface area contributed by atoms with Crippen LogP contribution >= 0.6 is 0 Å². The Bertz CT molecular complexity index is 1700. The lowest BCUT2D eigenvalue weighted by Crippen LogP contribution is -2.52. The molecule has 4 atom stereocenters. The summed E-state index contributed by atoms with van der Waals surface area (Å²) in [6, 6.07) is 33.0. The van der Waals surface area contributed by atoms with Crippen LogP contribution in [0.15, 0.2) is 121 Å². The van der Waals surface area contributed by atoms with Crippen molar-refractivity contribution in [3.63, 3.8) is 0 Å². The summed E-state index contributed by atoms with van der Waals surface area (Å²) in [7, 11) is 0. The van der Waals surface area contributed by atoms with Crippen molar-refractivity contribution in [3.8, 4) is 0 Å². The lowest BCUT2D eigenvalue weighted by Gasteiger charge is -2.33. The van der Waals surface area contributed by atoms with Gasteiger partial charge in [0, 0.05) is 23.5 Å². The van der Waals surface area contributed by atoms with Crippen molar-refractivity contribution in [1.29, 1.82) is 0 Å². The fraction of sp³-hybridized carbons (Fsp3) is 0.211. The largest absolute Gasteiger partial charge is 0.434 e. The molecule has 0 aliphatic heterocycles. The zero-order valence-electron chi connectivity index (χ0n) is 27.9. The number of hydrogen-bond acceptors (Lipinski definition) is 10. The van der Waals surface area contributed by atoms with E-state index >= 15 is 0 Å². The first-order valence-corrected chi connectivity index (χ1v) is 15.8. The van der Waals surface area contributed by atoms with Crippen molar-refractivity contribution >= 4 is 35.1 Å². The van der Waals surface area contributed by atoms with Gasteiger partial charge in [-0.3, -0.25) is 21.1 Å². The molecule has 0 radical (unpaired) electrons. The molecule has 260 valence electrons. The quantitative estimate of drug-likeness (QED) is 0.0496. The molecule has 0 saturated heterocycles. The molecule has 0 heterocycles. The molecule has 4 aromatic carbocycles. The van der Waals surface area contributed by atoms with Gasteiger partial charge in [0.25, 0.3) is 11.8 Å². The molecule has 4 rings (SSSR count). The second-order valence-corrected chi connectivity index (χ2v) is 12.3.